The van der Waals surface area contributed by atoms with E-state index in [9.17, 15) is 4.79 Å². The number of carbonyl (C=O) groups excluding carboxylic acids is 1. The molecule has 32 heavy (non-hydrogen) atoms. The van der Waals surface area contributed by atoms with Crippen molar-refractivity contribution in [1.82, 2.24) is 4.90 Å². The molecule has 1 saturated heterocycles. The van der Waals surface area contributed by atoms with Gasteiger partial charge in [-0.25, -0.2) is 0 Å². The van der Waals surface area contributed by atoms with Crippen molar-refractivity contribution in [2.24, 2.45) is 0 Å². The van der Waals surface area contributed by atoms with Gasteiger partial charge in [0.05, 0.1) is 15.7 Å². The summed E-state index contributed by atoms with van der Waals surface area (Å²) in [4.78, 5) is 16.2. The van der Waals surface area contributed by atoms with Gasteiger partial charge in [-0.15, -0.1) is 0 Å². The van der Waals surface area contributed by atoms with Crippen LogP contribution in [0, 0.1) is 0 Å². The molecule has 1 fully saturated rings. The molecule has 0 radical (unpaired) electrons. The Bertz CT molecular complexity index is 941. The lowest BCUT2D eigenvalue weighted by Crippen LogP contribution is -2.46. The Kier molecular flexibility index (Phi) is 9.27. The number of anilines is 2. The molecule has 0 aliphatic carbocycles. The lowest BCUT2D eigenvalue weighted by atomic mass is 10.0. The second-order valence-corrected chi connectivity index (χ2v) is 8.30. The molecule has 0 atom stereocenters. The van der Waals surface area contributed by atoms with Crippen LogP contribution in [0.4, 0.5) is 11.4 Å². The molecule has 0 bridgehead atoms. The van der Waals surface area contributed by atoms with Crippen molar-refractivity contribution in [2.45, 2.75) is 26.7 Å². The fourth-order valence-corrected chi connectivity index (χ4v) is 4.20. The van der Waals surface area contributed by atoms with E-state index in [-0.39, 0.29) is 5.91 Å². The number of ether oxygens (including phenoxy) is 1. The number of hydrogen-bond acceptors (Lipinski definition) is 4. The zero-order valence-electron chi connectivity index (χ0n) is 18.7. The topological polar surface area (TPSA) is 44.8 Å². The summed E-state index contributed by atoms with van der Waals surface area (Å²) in [7, 11) is 0. The maximum atomic E-state index is 11.5. The molecule has 0 aromatic heterocycles. The first kappa shape index (κ1) is 24.4. The molecule has 2 aromatic rings. The molecule has 172 valence electrons. The van der Waals surface area contributed by atoms with E-state index in [1.165, 1.54) is 0 Å². The molecule has 2 aliphatic rings. The van der Waals surface area contributed by atoms with Gasteiger partial charge in [-0.05, 0) is 30.2 Å². The SMILES string of the molecule is CC.O=C1CCc2ccc(OC/C=C/CN3CCN(c4cccc(Cl)c4Cl)CC3)cc2N1. The van der Waals surface area contributed by atoms with E-state index in [1.54, 1.807) is 0 Å². The van der Waals surface area contributed by atoms with E-state index in [0.29, 0.717) is 23.1 Å². The third-order valence-corrected chi connectivity index (χ3v) is 6.31. The Labute approximate surface area is 200 Å². The summed E-state index contributed by atoms with van der Waals surface area (Å²) in [5.41, 5.74) is 3.04. The Morgan fingerprint density at radius 1 is 1.03 bits per heavy atom. The lowest BCUT2D eigenvalue weighted by Gasteiger charge is -2.36. The number of carbonyl (C=O) groups is 1. The average Bonchev–Trinajstić information content (AvgIpc) is 2.82. The Hall–Kier alpha value is -2.21. The van der Waals surface area contributed by atoms with Crippen LogP contribution < -0.4 is 15.0 Å². The van der Waals surface area contributed by atoms with Gasteiger partial charge in [0.15, 0.2) is 0 Å². The standard InChI is InChI=1S/C23H25Cl2N3O2.C2H6/c24-19-4-3-5-21(23(19)25)28-13-11-27(12-14-28)10-1-2-15-30-18-8-6-17-7-9-22(29)26-20(17)16-18;1-2/h1-6,8,16H,7,9-15H2,(H,26,29);1-2H3/b2-1+;. The zero-order valence-corrected chi connectivity index (χ0v) is 20.3. The van der Waals surface area contributed by atoms with Gasteiger partial charge in [0.25, 0.3) is 0 Å². The maximum absolute atomic E-state index is 11.5. The van der Waals surface area contributed by atoms with E-state index < -0.39 is 0 Å². The molecule has 1 N–H and O–H groups in total. The molecule has 2 aromatic carbocycles. The lowest BCUT2D eigenvalue weighted by molar-refractivity contribution is -0.116. The predicted octanol–water partition coefficient (Wildman–Crippen LogP) is 5.66. The van der Waals surface area contributed by atoms with Gasteiger partial charge in [0.2, 0.25) is 5.91 Å². The second kappa shape index (κ2) is 12.1. The first-order valence-corrected chi connectivity index (χ1v) is 12.0. The fraction of sp³-hybridized carbons (Fsp3) is 0.400. The average molecular weight is 476 g/mol. The largest absolute Gasteiger partial charge is 0.489 e. The molecular weight excluding hydrogens is 445 g/mol. The van der Waals surface area contributed by atoms with E-state index in [2.05, 4.69) is 21.2 Å². The van der Waals surface area contributed by atoms with Gasteiger partial charge < -0.3 is 15.0 Å². The first-order valence-electron chi connectivity index (χ1n) is 11.2. The minimum Gasteiger partial charge on any atom is -0.489 e. The van der Waals surface area contributed by atoms with Gasteiger partial charge in [-0.2, -0.15) is 0 Å². The summed E-state index contributed by atoms with van der Waals surface area (Å²) >= 11 is 12.5. The van der Waals surface area contributed by atoms with E-state index in [4.69, 9.17) is 27.9 Å². The third kappa shape index (κ3) is 6.41. The van der Waals surface area contributed by atoms with E-state index in [1.807, 2.05) is 56.3 Å². The van der Waals surface area contributed by atoms with Crippen LogP contribution in [0.15, 0.2) is 48.6 Å². The number of piperazine rings is 1. The first-order chi connectivity index (χ1) is 15.6. The van der Waals surface area contributed by atoms with Crippen molar-refractivity contribution in [3.63, 3.8) is 0 Å². The number of aryl methyl sites for hydroxylation is 1. The van der Waals surface area contributed by atoms with Crippen LogP contribution in [0.5, 0.6) is 5.75 Å². The number of rotatable bonds is 6. The summed E-state index contributed by atoms with van der Waals surface area (Å²) in [5.74, 6) is 0.838. The quantitative estimate of drug-likeness (QED) is 0.547. The highest BCUT2D eigenvalue weighted by molar-refractivity contribution is 6.43. The summed E-state index contributed by atoms with van der Waals surface area (Å²) < 4.78 is 5.80. The number of fused-ring (bicyclic) bond motifs is 1. The normalized spacial score (nSPS) is 16.2. The number of nitrogens with one attached hydrogen (secondary N) is 1. The smallest absolute Gasteiger partial charge is 0.224 e. The molecule has 7 heteroatoms. The highest BCUT2D eigenvalue weighted by Crippen LogP contribution is 2.33. The number of hydrogen-bond donors (Lipinski definition) is 1. The van der Waals surface area contributed by atoms with Gasteiger partial charge in [-0.3, -0.25) is 9.69 Å². The maximum Gasteiger partial charge on any atom is 0.224 e. The highest BCUT2D eigenvalue weighted by Gasteiger charge is 2.19. The Morgan fingerprint density at radius 2 is 1.81 bits per heavy atom. The molecule has 2 aliphatic heterocycles. The predicted molar refractivity (Wildman–Crippen MR) is 134 cm³/mol. The van der Waals surface area contributed by atoms with Crippen LogP contribution in [-0.4, -0.2) is 50.1 Å². The zero-order chi connectivity index (χ0) is 22.9. The second-order valence-electron chi connectivity index (χ2n) is 7.51. The van der Waals surface area contributed by atoms with Crippen molar-refractivity contribution in [3.05, 3.63) is 64.2 Å². The van der Waals surface area contributed by atoms with E-state index >= 15 is 0 Å². The molecule has 2 heterocycles. The number of amides is 1. The van der Waals surface area contributed by atoms with E-state index in [0.717, 1.165) is 61.8 Å². The van der Waals surface area contributed by atoms with Gasteiger partial charge in [0, 0.05) is 50.9 Å². The Balaban J connectivity index is 0.00000141. The van der Waals surface area contributed by atoms with Crippen LogP contribution in [0.25, 0.3) is 0 Å². The minimum absolute atomic E-state index is 0.0669. The van der Waals surface area contributed by atoms with Crippen LogP contribution in [-0.2, 0) is 11.2 Å². The van der Waals surface area contributed by atoms with Crippen molar-refractivity contribution in [2.75, 3.05) is 49.5 Å². The van der Waals surface area contributed by atoms with Gasteiger partial charge >= 0.3 is 0 Å². The summed E-state index contributed by atoms with van der Waals surface area (Å²) in [5, 5.41) is 4.13. The molecule has 1 amide bonds. The van der Waals surface area contributed by atoms with Crippen LogP contribution >= 0.6 is 23.2 Å². The summed E-state index contributed by atoms with van der Waals surface area (Å²) in [6.45, 7) is 9.18. The third-order valence-electron chi connectivity index (χ3n) is 5.50. The van der Waals surface area contributed by atoms with Crippen molar-refractivity contribution >= 4 is 40.5 Å². The molecule has 4 rings (SSSR count). The Morgan fingerprint density at radius 3 is 2.59 bits per heavy atom. The number of halogens is 2. The summed E-state index contributed by atoms with van der Waals surface area (Å²) in [6, 6.07) is 11.7. The monoisotopic (exact) mass is 475 g/mol. The van der Waals surface area contributed by atoms with Crippen molar-refractivity contribution < 1.29 is 9.53 Å². The molecule has 5 nitrogen and oxygen atoms in total. The van der Waals surface area contributed by atoms with Crippen molar-refractivity contribution in [1.29, 1.82) is 0 Å². The van der Waals surface area contributed by atoms with Crippen molar-refractivity contribution in [3.8, 4) is 5.75 Å². The minimum atomic E-state index is 0.0669. The van der Waals surface area contributed by atoms with Crippen LogP contribution in [0.1, 0.15) is 25.8 Å². The summed E-state index contributed by atoms with van der Waals surface area (Å²) in [6.07, 6.45) is 5.52. The van der Waals surface area contributed by atoms with Gasteiger partial charge in [-0.1, -0.05) is 61.3 Å². The number of nitrogens with zero attached hydrogens (tertiary/aromatic N) is 2. The molecule has 0 spiro atoms. The fourth-order valence-electron chi connectivity index (χ4n) is 3.78. The van der Waals surface area contributed by atoms with Gasteiger partial charge in [0.1, 0.15) is 12.4 Å². The van der Waals surface area contributed by atoms with Crippen LogP contribution in [0.3, 0.4) is 0 Å². The van der Waals surface area contributed by atoms with Crippen LogP contribution in [0.2, 0.25) is 10.0 Å². The highest BCUT2D eigenvalue weighted by atomic mass is 35.5. The number of benzene rings is 2. The molecular formula is C25H31Cl2N3O2. The molecule has 0 saturated carbocycles. The molecule has 0 unspecified atom stereocenters.